The molecular formula is C13H16ClN3O2. The van der Waals surface area contributed by atoms with Gasteiger partial charge >= 0.3 is 0 Å². The van der Waals surface area contributed by atoms with E-state index in [1.165, 1.54) is 0 Å². The summed E-state index contributed by atoms with van der Waals surface area (Å²) in [4.78, 5) is 24.8. The fourth-order valence-corrected chi connectivity index (χ4v) is 2.34. The number of nitrogens with two attached hydrogens (primary N) is 1. The second kappa shape index (κ2) is 6.04. The van der Waals surface area contributed by atoms with Crippen molar-refractivity contribution >= 4 is 23.4 Å². The molecule has 5 nitrogen and oxygen atoms in total. The Labute approximate surface area is 116 Å². The van der Waals surface area contributed by atoms with E-state index in [-0.39, 0.29) is 12.3 Å². The van der Waals surface area contributed by atoms with E-state index >= 15 is 0 Å². The summed E-state index contributed by atoms with van der Waals surface area (Å²) in [6.07, 6.45) is 0.0256. The average Bonchev–Trinajstić information content (AvgIpc) is 2.36. The fraction of sp³-hybridized carbons (Fsp3) is 0.385. The van der Waals surface area contributed by atoms with E-state index < -0.39 is 11.9 Å². The smallest absolute Gasteiger partial charge is 0.240 e. The molecule has 1 saturated heterocycles. The van der Waals surface area contributed by atoms with Crippen molar-refractivity contribution in [2.24, 2.45) is 5.73 Å². The van der Waals surface area contributed by atoms with Gasteiger partial charge in [0.25, 0.3) is 0 Å². The van der Waals surface area contributed by atoms with E-state index in [0.717, 1.165) is 5.56 Å². The molecular weight excluding hydrogens is 266 g/mol. The standard InChI is InChI=1S/C13H16ClN3O2/c14-10-4-2-1-3-9(10)8-17-6-5-16-11(13(17)19)7-12(15)18/h1-4,11,16H,5-8H2,(H2,15,18). The van der Waals surface area contributed by atoms with Crippen LogP contribution in [0.3, 0.4) is 0 Å². The average molecular weight is 282 g/mol. The fourth-order valence-electron chi connectivity index (χ4n) is 2.14. The molecule has 1 heterocycles. The molecule has 1 unspecified atom stereocenters. The third kappa shape index (κ3) is 3.45. The number of halogens is 1. The number of benzene rings is 1. The highest BCUT2D eigenvalue weighted by atomic mass is 35.5. The summed E-state index contributed by atoms with van der Waals surface area (Å²) in [7, 11) is 0. The predicted octanol–water partition coefficient (Wildman–Crippen LogP) is 0.516. The number of carbonyl (C=O) groups excluding carboxylic acids is 2. The molecule has 1 fully saturated rings. The van der Waals surface area contributed by atoms with Crippen LogP contribution in [0.5, 0.6) is 0 Å². The number of nitrogens with one attached hydrogen (secondary N) is 1. The summed E-state index contributed by atoms with van der Waals surface area (Å²) in [5, 5.41) is 3.64. The molecule has 0 aromatic heterocycles. The Hall–Kier alpha value is -1.59. The van der Waals surface area contributed by atoms with Crippen LogP contribution in [-0.2, 0) is 16.1 Å². The SMILES string of the molecule is NC(=O)CC1NCCN(Cc2ccccc2Cl)C1=O. The van der Waals surface area contributed by atoms with E-state index in [1.807, 2.05) is 18.2 Å². The lowest BCUT2D eigenvalue weighted by molar-refractivity contribution is -0.138. The first kappa shape index (κ1) is 13.8. The Bertz CT molecular complexity index is 493. The Balaban J connectivity index is 2.06. The summed E-state index contributed by atoms with van der Waals surface area (Å²) in [6, 6.07) is 6.90. The summed E-state index contributed by atoms with van der Waals surface area (Å²) >= 11 is 6.08. The highest BCUT2D eigenvalue weighted by molar-refractivity contribution is 6.31. The van der Waals surface area contributed by atoms with Gasteiger partial charge in [0.05, 0.1) is 12.5 Å². The van der Waals surface area contributed by atoms with Crippen LogP contribution in [-0.4, -0.2) is 35.8 Å². The number of rotatable bonds is 4. The number of amides is 2. The highest BCUT2D eigenvalue weighted by Gasteiger charge is 2.29. The van der Waals surface area contributed by atoms with Gasteiger partial charge in [-0.3, -0.25) is 9.59 Å². The number of hydrogen-bond donors (Lipinski definition) is 2. The predicted molar refractivity (Wildman–Crippen MR) is 72.5 cm³/mol. The number of nitrogens with zero attached hydrogens (tertiary/aromatic N) is 1. The number of primary amides is 1. The Morgan fingerprint density at radius 1 is 1.47 bits per heavy atom. The molecule has 0 aliphatic carbocycles. The molecule has 0 saturated carbocycles. The number of hydrogen-bond acceptors (Lipinski definition) is 3. The molecule has 1 atom stereocenters. The molecule has 102 valence electrons. The van der Waals surface area contributed by atoms with Crippen molar-refractivity contribution in [2.75, 3.05) is 13.1 Å². The van der Waals surface area contributed by atoms with Crippen LogP contribution in [0.15, 0.2) is 24.3 Å². The first-order chi connectivity index (χ1) is 9.08. The minimum Gasteiger partial charge on any atom is -0.370 e. The molecule has 3 N–H and O–H groups in total. The molecule has 2 rings (SSSR count). The van der Waals surface area contributed by atoms with E-state index in [2.05, 4.69) is 5.32 Å². The zero-order valence-electron chi connectivity index (χ0n) is 10.4. The third-order valence-corrected chi connectivity index (χ3v) is 3.48. The molecule has 1 aliphatic heterocycles. The van der Waals surface area contributed by atoms with Gasteiger partial charge in [0, 0.05) is 24.7 Å². The summed E-state index contributed by atoms with van der Waals surface area (Å²) in [5.41, 5.74) is 6.04. The molecule has 0 bridgehead atoms. The monoisotopic (exact) mass is 281 g/mol. The quantitative estimate of drug-likeness (QED) is 0.845. The Morgan fingerprint density at radius 3 is 2.89 bits per heavy atom. The van der Waals surface area contributed by atoms with Crippen LogP contribution in [0.2, 0.25) is 5.02 Å². The maximum absolute atomic E-state index is 12.2. The van der Waals surface area contributed by atoms with Crippen LogP contribution in [0.4, 0.5) is 0 Å². The molecule has 0 radical (unpaired) electrons. The van der Waals surface area contributed by atoms with Gasteiger partial charge in [-0.05, 0) is 11.6 Å². The lowest BCUT2D eigenvalue weighted by atomic mass is 10.1. The molecule has 1 aliphatic rings. The second-order valence-corrected chi connectivity index (χ2v) is 4.94. The topological polar surface area (TPSA) is 75.4 Å². The normalized spacial score (nSPS) is 19.5. The van der Waals surface area contributed by atoms with Crippen molar-refractivity contribution in [1.29, 1.82) is 0 Å². The lowest BCUT2D eigenvalue weighted by Crippen LogP contribution is -2.55. The lowest BCUT2D eigenvalue weighted by Gasteiger charge is -2.33. The molecule has 6 heteroatoms. The van der Waals surface area contributed by atoms with Gasteiger partial charge in [-0.2, -0.15) is 0 Å². The Morgan fingerprint density at radius 2 is 2.21 bits per heavy atom. The number of carbonyl (C=O) groups is 2. The summed E-state index contributed by atoms with van der Waals surface area (Å²) in [6.45, 7) is 1.70. The van der Waals surface area contributed by atoms with E-state index in [0.29, 0.717) is 24.7 Å². The maximum Gasteiger partial charge on any atom is 0.240 e. The van der Waals surface area contributed by atoms with Crippen molar-refractivity contribution < 1.29 is 9.59 Å². The van der Waals surface area contributed by atoms with Crippen LogP contribution in [0, 0.1) is 0 Å². The van der Waals surface area contributed by atoms with Gasteiger partial charge in [-0.1, -0.05) is 29.8 Å². The summed E-state index contributed by atoms with van der Waals surface area (Å²) in [5.74, 6) is -0.588. The zero-order chi connectivity index (χ0) is 13.8. The second-order valence-electron chi connectivity index (χ2n) is 4.53. The van der Waals surface area contributed by atoms with Crippen molar-refractivity contribution in [2.45, 2.75) is 19.0 Å². The van der Waals surface area contributed by atoms with Crippen molar-refractivity contribution in [3.8, 4) is 0 Å². The van der Waals surface area contributed by atoms with Crippen molar-refractivity contribution in [3.05, 3.63) is 34.9 Å². The van der Waals surface area contributed by atoms with Gasteiger partial charge in [0.2, 0.25) is 11.8 Å². The van der Waals surface area contributed by atoms with Gasteiger partial charge in [0.15, 0.2) is 0 Å². The third-order valence-electron chi connectivity index (χ3n) is 3.11. The van der Waals surface area contributed by atoms with Crippen molar-refractivity contribution in [1.82, 2.24) is 10.2 Å². The van der Waals surface area contributed by atoms with Gasteiger partial charge in [-0.25, -0.2) is 0 Å². The van der Waals surface area contributed by atoms with Crippen LogP contribution in [0.1, 0.15) is 12.0 Å². The zero-order valence-corrected chi connectivity index (χ0v) is 11.2. The summed E-state index contributed by atoms with van der Waals surface area (Å²) < 4.78 is 0. The minimum absolute atomic E-state index is 0.0256. The highest BCUT2D eigenvalue weighted by Crippen LogP contribution is 2.18. The van der Waals surface area contributed by atoms with Crippen molar-refractivity contribution in [3.63, 3.8) is 0 Å². The van der Waals surface area contributed by atoms with Gasteiger partial charge in [-0.15, -0.1) is 0 Å². The maximum atomic E-state index is 12.2. The molecule has 2 amide bonds. The Kier molecular flexibility index (Phi) is 4.39. The van der Waals surface area contributed by atoms with Crippen LogP contribution in [0.25, 0.3) is 0 Å². The number of piperazine rings is 1. The largest absolute Gasteiger partial charge is 0.370 e. The molecule has 0 spiro atoms. The first-order valence-electron chi connectivity index (χ1n) is 6.12. The van der Waals surface area contributed by atoms with E-state index in [1.54, 1.807) is 11.0 Å². The van der Waals surface area contributed by atoms with Gasteiger partial charge in [0.1, 0.15) is 0 Å². The van der Waals surface area contributed by atoms with Crippen LogP contribution < -0.4 is 11.1 Å². The first-order valence-corrected chi connectivity index (χ1v) is 6.49. The van der Waals surface area contributed by atoms with Gasteiger partial charge < -0.3 is 16.0 Å². The van der Waals surface area contributed by atoms with E-state index in [9.17, 15) is 9.59 Å². The van der Waals surface area contributed by atoms with Crippen LogP contribution >= 0.6 is 11.6 Å². The molecule has 1 aromatic rings. The minimum atomic E-state index is -0.520. The van der Waals surface area contributed by atoms with E-state index in [4.69, 9.17) is 17.3 Å². The molecule has 1 aromatic carbocycles. The molecule has 19 heavy (non-hydrogen) atoms.